The Hall–Kier alpha value is -0.970. The van der Waals surface area contributed by atoms with Crippen molar-refractivity contribution >= 4 is 27.5 Å². The molecule has 1 nitrogen and oxygen atoms in total. The van der Waals surface area contributed by atoms with Crippen LogP contribution in [0.1, 0.15) is 17.2 Å². The Morgan fingerprint density at radius 2 is 1.85 bits per heavy atom. The Morgan fingerprint density at radius 3 is 2.45 bits per heavy atom. The lowest BCUT2D eigenvalue weighted by Crippen LogP contribution is -2.19. The predicted octanol–water partition coefficient (Wildman–Crippen LogP) is 4.88. The van der Waals surface area contributed by atoms with Crippen LogP contribution < -0.4 is 5.32 Å². The summed E-state index contributed by atoms with van der Waals surface area (Å²) in [7, 11) is 1.83. The summed E-state index contributed by atoms with van der Waals surface area (Å²) in [4.78, 5) is 0. The summed E-state index contributed by atoms with van der Waals surface area (Å²) in [6, 6.07) is 9.54. The van der Waals surface area contributed by atoms with Gasteiger partial charge in [-0.05, 0) is 64.8 Å². The minimum absolute atomic E-state index is 0.00609. The molecule has 20 heavy (non-hydrogen) atoms. The van der Waals surface area contributed by atoms with E-state index in [1.54, 1.807) is 24.3 Å². The van der Waals surface area contributed by atoms with E-state index in [1.807, 2.05) is 7.05 Å². The van der Waals surface area contributed by atoms with E-state index in [-0.39, 0.29) is 16.9 Å². The van der Waals surface area contributed by atoms with Crippen molar-refractivity contribution in [3.8, 4) is 0 Å². The summed E-state index contributed by atoms with van der Waals surface area (Å²) in [6.45, 7) is 0. The second-order valence-corrected chi connectivity index (χ2v) is 5.73. The second kappa shape index (κ2) is 6.66. The lowest BCUT2D eigenvalue weighted by molar-refractivity contribution is 0.581. The summed E-state index contributed by atoms with van der Waals surface area (Å²) in [5.74, 6) is -0.727. The molecular formula is C15H13BrClF2N. The van der Waals surface area contributed by atoms with Crippen molar-refractivity contribution in [2.45, 2.75) is 12.5 Å². The van der Waals surface area contributed by atoms with Crippen molar-refractivity contribution in [2.75, 3.05) is 7.05 Å². The van der Waals surface area contributed by atoms with Gasteiger partial charge in [0.2, 0.25) is 0 Å². The van der Waals surface area contributed by atoms with Crippen molar-refractivity contribution in [3.05, 3.63) is 68.7 Å². The highest BCUT2D eigenvalue weighted by atomic mass is 79.9. The molecule has 0 heterocycles. The normalized spacial score (nSPS) is 12.4. The maximum absolute atomic E-state index is 13.3. The molecule has 1 N–H and O–H groups in total. The van der Waals surface area contributed by atoms with Crippen molar-refractivity contribution in [1.29, 1.82) is 0 Å². The average Bonchev–Trinajstić information content (AvgIpc) is 2.43. The molecule has 0 radical (unpaired) electrons. The van der Waals surface area contributed by atoms with Gasteiger partial charge in [-0.15, -0.1) is 0 Å². The van der Waals surface area contributed by atoms with Gasteiger partial charge < -0.3 is 5.32 Å². The van der Waals surface area contributed by atoms with Crippen molar-refractivity contribution in [1.82, 2.24) is 5.32 Å². The lowest BCUT2D eigenvalue weighted by Gasteiger charge is -2.17. The third-order valence-corrected chi connectivity index (χ3v) is 4.02. The van der Waals surface area contributed by atoms with E-state index in [0.717, 1.165) is 11.1 Å². The first-order chi connectivity index (χ1) is 9.51. The summed E-state index contributed by atoms with van der Waals surface area (Å²) in [6.07, 6.45) is 0.634. The smallest absolute Gasteiger partial charge is 0.141 e. The fourth-order valence-electron chi connectivity index (χ4n) is 2.02. The number of rotatable bonds is 4. The zero-order valence-electron chi connectivity index (χ0n) is 10.8. The van der Waals surface area contributed by atoms with Gasteiger partial charge in [-0.1, -0.05) is 23.7 Å². The Bertz CT molecular complexity index is 619. The number of halogens is 4. The van der Waals surface area contributed by atoms with E-state index in [4.69, 9.17) is 11.6 Å². The molecule has 0 spiro atoms. The van der Waals surface area contributed by atoms with Gasteiger partial charge in [-0.2, -0.15) is 0 Å². The molecule has 2 rings (SSSR count). The standard InChI is InChI=1S/C15H13BrClF2N/c1-20-15(10-3-5-13(18)11(16)8-10)7-9-2-4-14(19)12(17)6-9/h2-6,8,15,20H,7H2,1H3. The maximum Gasteiger partial charge on any atom is 0.141 e. The van der Waals surface area contributed by atoms with Gasteiger partial charge in [-0.25, -0.2) is 8.78 Å². The Labute approximate surface area is 130 Å². The molecule has 1 atom stereocenters. The maximum atomic E-state index is 13.3. The monoisotopic (exact) mass is 359 g/mol. The molecule has 0 aliphatic carbocycles. The summed E-state index contributed by atoms with van der Waals surface area (Å²) < 4.78 is 26.8. The number of hydrogen-bond donors (Lipinski definition) is 1. The highest BCUT2D eigenvalue weighted by molar-refractivity contribution is 9.10. The highest BCUT2D eigenvalue weighted by Crippen LogP contribution is 2.25. The topological polar surface area (TPSA) is 12.0 Å². The molecule has 0 amide bonds. The van der Waals surface area contributed by atoms with Crippen LogP contribution in [0.3, 0.4) is 0 Å². The van der Waals surface area contributed by atoms with Crippen LogP contribution in [-0.4, -0.2) is 7.05 Å². The number of likely N-dealkylation sites (N-methyl/N-ethyl adjacent to an activating group) is 1. The van der Waals surface area contributed by atoms with E-state index in [9.17, 15) is 8.78 Å². The van der Waals surface area contributed by atoms with E-state index in [2.05, 4.69) is 21.2 Å². The SMILES string of the molecule is CNC(Cc1ccc(F)c(Cl)c1)c1ccc(F)c(Br)c1. The number of nitrogens with one attached hydrogen (secondary N) is 1. The van der Waals surface area contributed by atoms with Gasteiger partial charge in [0.05, 0.1) is 9.50 Å². The van der Waals surface area contributed by atoms with Gasteiger partial charge in [0.1, 0.15) is 11.6 Å². The van der Waals surface area contributed by atoms with E-state index < -0.39 is 5.82 Å². The first kappa shape index (κ1) is 15.4. The average molecular weight is 361 g/mol. The van der Waals surface area contributed by atoms with Gasteiger partial charge >= 0.3 is 0 Å². The number of benzene rings is 2. The van der Waals surface area contributed by atoms with Crippen LogP contribution in [0, 0.1) is 11.6 Å². The summed E-state index contributed by atoms with van der Waals surface area (Å²) in [5.41, 5.74) is 1.86. The third kappa shape index (κ3) is 3.57. The van der Waals surface area contributed by atoms with Gasteiger partial charge in [0.15, 0.2) is 0 Å². The van der Waals surface area contributed by atoms with Gasteiger partial charge in [-0.3, -0.25) is 0 Å². The van der Waals surface area contributed by atoms with Crippen LogP contribution in [0.5, 0.6) is 0 Å². The van der Waals surface area contributed by atoms with Crippen LogP contribution >= 0.6 is 27.5 Å². The predicted molar refractivity (Wildman–Crippen MR) is 81.0 cm³/mol. The van der Waals surface area contributed by atoms with Crippen molar-refractivity contribution in [3.63, 3.8) is 0 Å². The molecule has 0 saturated carbocycles. The van der Waals surface area contributed by atoms with E-state index >= 15 is 0 Å². The van der Waals surface area contributed by atoms with E-state index in [0.29, 0.717) is 10.9 Å². The molecule has 0 saturated heterocycles. The molecule has 1 unspecified atom stereocenters. The van der Waals surface area contributed by atoms with Crippen molar-refractivity contribution < 1.29 is 8.78 Å². The van der Waals surface area contributed by atoms with Crippen LogP contribution in [0.15, 0.2) is 40.9 Å². The first-order valence-electron chi connectivity index (χ1n) is 6.07. The van der Waals surface area contributed by atoms with E-state index in [1.165, 1.54) is 12.1 Å². The minimum Gasteiger partial charge on any atom is -0.313 e. The molecule has 106 valence electrons. The zero-order chi connectivity index (χ0) is 14.7. The Kier molecular flexibility index (Phi) is 5.13. The second-order valence-electron chi connectivity index (χ2n) is 4.47. The Balaban J connectivity index is 2.23. The molecule has 2 aromatic rings. The van der Waals surface area contributed by atoms with Crippen LogP contribution in [0.2, 0.25) is 5.02 Å². The molecule has 2 aromatic carbocycles. The molecule has 0 aliphatic heterocycles. The van der Waals surface area contributed by atoms with Crippen molar-refractivity contribution in [2.24, 2.45) is 0 Å². The quantitative estimate of drug-likeness (QED) is 0.819. The minimum atomic E-state index is -0.430. The molecule has 0 fully saturated rings. The van der Waals surface area contributed by atoms with Crippen LogP contribution in [0.25, 0.3) is 0 Å². The Morgan fingerprint density at radius 1 is 1.15 bits per heavy atom. The van der Waals surface area contributed by atoms with Gasteiger partial charge in [0, 0.05) is 6.04 Å². The summed E-state index contributed by atoms with van der Waals surface area (Å²) in [5, 5.41) is 3.28. The van der Waals surface area contributed by atoms with Crippen LogP contribution in [-0.2, 0) is 6.42 Å². The fraction of sp³-hybridized carbons (Fsp3) is 0.200. The first-order valence-corrected chi connectivity index (χ1v) is 7.24. The molecule has 0 aliphatic rings. The molecule has 0 aromatic heterocycles. The number of hydrogen-bond acceptors (Lipinski definition) is 1. The third-order valence-electron chi connectivity index (χ3n) is 3.12. The lowest BCUT2D eigenvalue weighted by atomic mass is 9.99. The molecule has 5 heteroatoms. The summed E-state index contributed by atoms with van der Waals surface area (Å²) >= 11 is 8.96. The fourth-order valence-corrected chi connectivity index (χ4v) is 2.62. The van der Waals surface area contributed by atoms with Gasteiger partial charge in [0.25, 0.3) is 0 Å². The highest BCUT2D eigenvalue weighted by Gasteiger charge is 2.13. The largest absolute Gasteiger partial charge is 0.313 e. The zero-order valence-corrected chi connectivity index (χ0v) is 13.1. The van der Waals surface area contributed by atoms with Crippen LogP contribution in [0.4, 0.5) is 8.78 Å². The molecular weight excluding hydrogens is 348 g/mol. The molecule has 0 bridgehead atoms.